The van der Waals surface area contributed by atoms with Crippen molar-refractivity contribution in [3.8, 4) is 11.5 Å². The van der Waals surface area contributed by atoms with Crippen LogP contribution in [0.3, 0.4) is 0 Å². The minimum Gasteiger partial charge on any atom is -0.493 e. The van der Waals surface area contributed by atoms with Gasteiger partial charge in [-0.15, -0.1) is 6.58 Å². The summed E-state index contributed by atoms with van der Waals surface area (Å²) in [5.41, 5.74) is 2.59. The molecule has 2 rings (SSSR count). The molecule has 0 aliphatic heterocycles. The van der Waals surface area contributed by atoms with Crippen LogP contribution in [0.25, 0.3) is 0 Å². The van der Waals surface area contributed by atoms with Crippen molar-refractivity contribution in [3.63, 3.8) is 0 Å². The second kappa shape index (κ2) is 7.61. The lowest BCUT2D eigenvalue weighted by Crippen LogP contribution is -2.31. The number of sulfonamides is 1. The highest BCUT2D eigenvalue weighted by molar-refractivity contribution is 7.92. The predicted molar refractivity (Wildman–Crippen MR) is 100 cm³/mol. The Morgan fingerprint density at radius 3 is 2.12 bits per heavy atom. The predicted octanol–water partition coefficient (Wildman–Crippen LogP) is 3.70. The van der Waals surface area contributed by atoms with Gasteiger partial charge < -0.3 is 9.47 Å². The molecule has 0 aliphatic carbocycles. The molecule has 0 bridgehead atoms. The number of methoxy groups -OCH3 is 2. The summed E-state index contributed by atoms with van der Waals surface area (Å²) in [6.07, 6.45) is 1.57. The van der Waals surface area contributed by atoms with Crippen molar-refractivity contribution in [2.45, 2.75) is 18.7 Å². The summed E-state index contributed by atoms with van der Waals surface area (Å²) in [6.45, 7) is 7.73. The fourth-order valence-electron chi connectivity index (χ4n) is 2.66. The summed E-state index contributed by atoms with van der Waals surface area (Å²) in [6, 6.07) is 10.2. The number of nitrogens with zero attached hydrogens (tertiary/aromatic N) is 1. The number of hydrogen-bond donors (Lipinski definition) is 0. The molecule has 0 aliphatic rings. The third-order valence-electron chi connectivity index (χ3n) is 3.73. The molecular formula is C19H23NO4S. The van der Waals surface area contributed by atoms with Gasteiger partial charge in [-0.1, -0.05) is 12.1 Å². The lowest BCUT2D eigenvalue weighted by molar-refractivity contribution is 0.354. The number of benzene rings is 2. The first-order chi connectivity index (χ1) is 11.8. The van der Waals surface area contributed by atoms with Gasteiger partial charge in [0, 0.05) is 6.07 Å². The fourth-order valence-corrected chi connectivity index (χ4v) is 4.09. The Balaban J connectivity index is 2.58. The van der Waals surface area contributed by atoms with E-state index in [0.717, 1.165) is 11.1 Å². The highest BCUT2D eigenvalue weighted by Gasteiger charge is 2.25. The van der Waals surface area contributed by atoms with E-state index < -0.39 is 10.0 Å². The standard InChI is InChI=1S/C19H23NO4S/c1-6-9-20(16-11-14(2)10-15(3)12-16)25(21,22)17-7-8-18(23-4)19(13-17)24-5/h6-8,10-13H,1,9H2,2-5H3. The molecule has 25 heavy (non-hydrogen) atoms. The molecule has 0 saturated carbocycles. The summed E-state index contributed by atoms with van der Waals surface area (Å²) in [5.74, 6) is 0.839. The van der Waals surface area contributed by atoms with Gasteiger partial charge in [-0.3, -0.25) is 4.31 Å². The summed E-state index contributed by atoms with van der Waals surface area (Å²) in [4.78, 5) is 0.131. The van der Waals surface area contributed by atoms with Crippen LogP contribution in [0.15, 0.2) is 53.9 Å². The normalized spacial score (nSPS) is 11.0. The highest BCUT2D eigenvalue weighted by atomic mass is 32.2. The Morgan fingerprint density at radius 1 is 1.00 bits per heavy atom. The van der Waals surface area contributed by atoms with E-state index in [-0.39, 0.29) is 11.4 Å². The first-order valence-corrected chi connectivity index (χ1v) is 9.21. The van der Waals surface area contributed by atoms with Gasteiger partial charge in [0.1, 0.15) is 0 Å². The van der Waals surface area contributed by atoms with Crippen LogP contribution in [0, 0.1) is 13.8 Å². The number of hydrogen-bond acceptors (Lipinski definition) is 4. The molecule has 0 saturated heterocycles. The van der Waals surface area contributed by atoms with Crippen molar-refractivity contribution in [2.24, 2.45) is 0 Å². The summed E-state index contributed by atoms with van der Waals surface area (Å²) in [7, 11) is -0.803. The van der Waals surface area contributed by atoms with Crippen molar-refractivity contribution in [2.75, 3.05) is 25.1 Å². The van der Waals surface area contributed by atoms with Crippen molar-refractivity contribution >= 4 is 15.7 Å². The summed E-state index contributed by atoms with van der Waals surface area (Å²) >= 11 is 0. The Hall–Kier alpha value is -2.47. The number of anilines is 1. The molecule has 134 valence electrons. The van der Waals surface area contributed by atoms with E-state index in [2.05, 4.69) is 6.58 Å². The molecule has 6 heteroatoms. The van der Waals surface area contributed by atoms with E-state index in [1.165, 1.54) is 30.7 Å². The molecular weight excluding hydrogens is 338 g/mol. The van der Waals surface area contributed by atoms with Gasteiger partial charge in [0.05, 0.1) is 31.3 Å². The van der Waals surface area contributed by atoms with Crippen LogP contribution in [-0.4, -0.2) is 29.2 Å². The molecule has 2 aromatic rings. The van der Waals surface area contributed by atoms with Crippen LogP contribution in [0.4, 0.5) is 5.69 Å². The van der Waals surface area contributed by atoms with E-state index in [0.29, 0.717) is 17.2 Å². The zero-order chi connectivity index (χ0) is 18.6. The van der Waals surface area contributed by atoms with Gasteiger partial charge in [-0.05, 0) is 49.2 Å². The second-order valence-electron chi connectivity index (χ2n) is 5.69. The first-order valence-electron chi connectivity index (χ1n) is 7.77. The van der Waals surface area contributed by atoms with E-state index >= 15 is 0 Å². The van der Waals surface area contributed by atoms with Crippen molar-refractivity contribution < 1.29 is 17.9 Å². The van der Waals surface area contributed by atoms with Crippen LogP contribution in [0.5, 0.6) is 11.5 Å². The van der Waals surface area contributed by atoms with Crippen molar-refractivity contribution in [1.82, 2.24) is 0 Å². The average Bonchev–Trinajstić information content (AvgIpc) is 2.57. The quantitative estimate of drug-likeness (QED) is 0.706. The SMILES string of the molecule is C=CCN(c1cc(C)cc(C)c1)S(=O)(=O)c1ccc(OC)c(OC)c1. The smallest absolute Gasteiger partial charge is 0.264 e. The van der Waals surface area contributed by atoms with Crippen LogP contribution in [0.1, 0.15) is 11.1 Å². The Morgan fingerprint density at radius 2 is 1.60 bits per heavy atom. The molecule has 0 heterocycles. The van der Waals surface area contributed by atoms with E-state index in [4.69, 9.17) is 9.47 Å². The largest absolute Gasteiger partial charge is 0.493 e. The molecule has 0 atom stereocenters. The van der Waals surface area contributed by atoms with Crippen LogP contribution in [-0.2, 0) is 10.0 Å². The lowest BCUT2D eigenvalue weighted by Gasteiger charge is -2.24. The maximum Gasteiger partial charge on any atom is 0.264 e. The van der Waals surface area contributed by atoms with Gasteiger partial charge in [0.15, 0.2) is 11.5 Å². The third-order valence-corrected chi connectivity index (χ3v) is 5.52. The zero-order valence-electron chi connectivity index (χ0n) is 14.9. The molecule has 0 amide bonds. The molecule has 0 radical (unpaired) electrons. The summed E-state index contributed by atoms with van der Waals surface area (Å²) in [5, 5.41) is 0. The van der Waals surface area contributed by atoms with E-state index in [9.17, 15) is 8.42 Å². The number of aryl methyl sites for hydroxylation is 2. The van der Waals surface area contributed by atoms with Gasteiger partial charge in [-0.2, -0.15) is 0 Å². The number of ether oxygens (including phenoxy) is 2. The van der Waals surface area contributed by atoms with Crippen LogP contribution >= 0.6 is 0 Å². The molecule has 0 aromatic heterocycles. The number of rotatable bonds is 7. The molecule has 0 spiro atoms. The maximum absolute atomic E-state index is 13.2. The summed E-state index contributed by atoms with van der Waals surface area (Å²) < 4.78 is 38.1. The van der Waals surface area contributed by atoms with Gasteiger partial charge in [-0.25, -0.2) is 8.42 Å². The monoisotopic (exact) mass is 361 g/mol. The zero-order valence-corrected chi connectivity index (χ0v) is 15.8. The van der Waals surface area contributed by atoms with Gasteiger partial charge in [0.25, 0.3) is 10.0 Å². The minimum absolute atomic E-state index is 0.131. The molecule has 0 N–H and O–H groups in total. The van der Waals surface area contributed by atoms with Crippen molar-refractivity contribution in [1.29, 1.82) is 0 Å². The van der Waals surface area contributed by atoms with Crippen LogP contribution in [0.2, 0.25) is 0 Å². The van der Waals surface area contributed by atoms with E-state index in [1.807, 2.05) is 32.0 Å². The minimum atomic E-state index is -3.78. The second-order valence-corrected chi connectivity index (χ2v) is 7.55. The first kappa shape index (κ1) is 18.9. The Kier molecular flexibility index (Phi) is 5.74. The molecule has 0 unspecified atom stereocenters. The average molecular weight is 361 g/mol. The van der Waals surface area contributed by atoms with Crippen LogP contribution < -0.4 is 13.8 Å². The van der Waals surface area contributed by atoms with E-state index in [1.54, 1.807) is 12.1 Å². The topological polar surface area (TPSA) is 55.8 Å². The fraction of sp³-hybridized carbons (Fsp3) is 0.263. The third kappa shape index (κ3) is 3.96. The molecule has 5 nitrogen and oxygen atoms in total. The maximum atomic E-state index is 13.2. The van der Waals surface area contributed by atoms with Crippen molar-refractivity contribution in [3.05, 3.63) is 60.2 Å². The van der Waals surface area contributed by atoms with Gasteiger partial charge in [0.2, 0.25) is 0 Å². The Bertz CT molecular complexity index is 855. The highest BCUT2D eigenvalue weighted by Crippen LogP contribution is 2.32. The molecule has 0 fully saturated rings. The Labute approximate surface area is 149 Å². The lowest BCUT2D eigenvalue weighted by atomic mass is 10.1. The molecule has 2 aromatic carbocycles. The van der Waals surface area contributed by atoms with Gasteiger partial charge >= 0.3 is 0 Å².